The number of fused-ring (bicyclic) bond motifs is 1. The lowest BCUT2D eigenvalue weighted by molar-refractivity contribution is -0.0209. The zero-order chi connectivity index (χ0) is 16.4. The number of amides is 1. The molecule has 3 aromatic rings. The SMILES string of the molecule is O=C(c1n[nH]c2ccccc12)N1CCOC(Cc2ccccc2)C1. The third-order valence-electron chi connectivity index (χ3n) is 4.41. The fourth-order valence-corrected chi connectivity index (χ4v) is 3.18. The summed E-state index contributed by atoms with van der Waals surface area (Å²) < 4.78 is 5.85. The summed E-state index contributed by atoms with van der Waals surface area (Å²) in [5.74, 6) is -0.0335. The van der Waals surface area contributed by atoms with E-state index in [0.717, 1.165) is 17.3 Å². The van der Waals surface area contributed by atoms with Crippen LogP contribution in [0.25, 0.3) is 10.9 Å². The Bertz CT molecular complexity index is 844. The van der Waals surface area contributed by atoms with Crippen molar-refractivity contribution in [3.05, 3.63) is 65.9 Å². The first-order chi connectivity index (χ1) is 11.8. The number of hydrogen-bond acceptors (Lipinski definition) is 3. The van der Waals surface area contributed by atoms with E-state index in [1.165, 1.54) is 5.56 Å². The van der Waals surface area contributed by atoms with Gasteiger partial charge in [0.2, 0.25) is 0 Å². The summed E-state index contributed by atoms with van der Waals surface area (Å²) in [7, 11) is 0. The van der Waals surface area contributed by atoms with Crippen LogP contribution in [0.3, 0.4) is 0 Å². The molecule has 1 aliphatic rings. The molecule has 24 heavy (non-hydrogen) atoms. The summed E-state index contributed by atoms with van der Waals surface area (Å²) in [6, 6.07) is 17.9. The molecule has 1 N–H and O–H groups in total. The summed E-state index contributed by atoms with van der Waals surface area (Å²) in [6.45, 7) is 1.76. The molecule has 0 saturated carbocycles. The van der Waals surface area contributed by atoms with Crippen LogP contribution in [0.5, 0.6) is 0 Å². The summed E-state index contributed by atoms with van der Waals surface area (Å²) in [6.07, 6.45) is 0.835. The lowest BCUT2D eigenvalue weighted by Gasteiger charge is -2.32. The number of aromatic nitrogens is 2. The van der Waals surface area contributed by atoms with Gasteiger partial charge in [-0.2, -0.15) is 5.10 Å². The van der Waals surface area contributed by atoms with Crippen LogP contribution in [-0.2, 0) is 11.2 Å². The van der Waals surface area contributed by atoms with Gasteiger partial charge < -0.3 is 9.64 Å². The van der Waals surface area contributed by atoms with E-state index in [-0.39, 0.29) is 12.0 Å². The van der Waals surface area contributed by atoms with Gasteiger partial charge in [-0.05, 0) is 11.6 Å². The molecule has 1 saturated heterocycles. The Balaban J connectivity index is 1.50. The van der Waals surface area contributed by atoms with Gasteiger partial charge in [-0.25, -0.2) is 0 Å². The number of nitrogens with zero attached hydrogens (tertiary/aromatic N) is 2. The smallest absolute Gasteiger partial charge is 0.275 e. The quantitative estimate of drug-likeness (QED) is 0.807. The average Bonchev–Trinajstić information content (AvgIpc) is 3.06. The van der Waals surface area contributed by atoms with E-state index in [1.54, 1.807) is 0 Å². The molecule has 1 unspecified atom stereocenters. The van der Waals surface area contributed by atoms with Gasteiger partial charge in [-0.1, -0.05) is 48.5 Å². The standard InChI is InChI=1S/C19H19N3O2/c23-19(18-16-8-4-5-9-17(16)20-21-18)22-10-11-24-15(13-22)12-14-6-2-1-3-7-14/h1-9,15H,10-13H2,(H,20,21). The number of carbonyl (C=O) groups excluding carboxylic acids is 1. The maximum atomic E-state index is 12.9. The number of hydrogen-bond donors (Lipinski definition) is 1. The third-order valence-corrected chi connectivity index (χ3v) is 4.41. The van der Waals surface area contributed by atoms with Crippen molar-refractivity contribution in [1.29, 1.82) is 0 Å². The van der Waals surface area contributed by atoms with Crippen molar-refractivity contribution in [2.24, 2.45) is 0 Å². The van der Waals surface area contributed by atoms with Gasteiger partial charge in [0.25, 0.3) is 5.91 Å². The van der Waals surface area contributed by atoms with Gasteiger partial charge in [0, 0.05) is 24.9 Å². The Morgan fingerprint density at radius 3 is 2.83 bits per heavy atom. The third kappa shape index (κ3) is 2.90. The number of ether oxygens (including phenoxy) is 1. The van der Waals surface area contributed by atoms with Gasteiger partial charge in [0.05, 0.1) is 18.2 Å². The Morgan fingerprint density at radius 2 is 1.96 bits per heavy atom. The molecule has 2 aromatic carbocycles. The number of nitrogens with one attached hydrogen (secondary N) is 1. The molecular weight excluding hydrogens is 302 g/mol. The molecule has 1 aliphatic heterocycles. The van der Waals surface area contributed by atoms with Crippen molar-refractivity contribution in [2.45, 2.75) is 12.5 Å². The Labute approximate surface area is 140 Å². The predicted molar refractivity (Wildman–Crippen MR) is 91.9 cm³/mol. The van der Waals surface area contributed by atoms with Gasteiger partial charge >= 0.3 is 0 Å². The number of morpholine rings is 1. The van der Waals surface area contributed by atoms with Gasteiger partial charge in [-0.3, -0.25) is 9.89 Å². The predicted octanol–water partition coefficient (Wildman–Crippen LogP) is 2.65. The van der Waals surface area contributed by atoms with Crippen LogP contribution in [-0.4, -0.2) is 46.8 Å². The van der Waals surface area contributed by atoms with E-state index in [0.29, 0.717) is 25.4 Å². The summed E-state index contributed by atoms with van der Waals surface area (Å²) in [5, 5.41) is 8.02. The second-order valence-corrected chi connectivity index (χ2v) is 6.05. The van der Waals surface area contributed by atoms with Crippen molar-refractivity contribution in [2.75, 3.05) is 19.7 Å². The molecule has 1 amide bonds. The molecular formula is C19H19N3O2. The van der Waals surface area contributed by atoms with Crippen LogP contribution in [0.2, 0.25) is 0 Å². The van der Waals surface area contributed by atoms with Crippen molar-refractivity contribution >= 4 is 16.8 Å². The van der Waals surface area contributed by atoms with Crippen LogP contribution in [0, 0.1) is 0 Å². The van der Waals surface area contributed by atoms with E-state index in [4.69, 9.17) is 4.74 Å². The van der Waals surface area contributed by atoms with Crippen LogP contribution < -0.4 is 0 Å². The second-order valence-electron chi connectivity index (χ2n) is 6.05. The summed E-state index contributed by atoms with van der Waals surface area (Å²) in [4.78, 5) is 14.7. The zero-order valence-electron chi connectivity index (χ0n) is 13.3. The van der Waals surface area contributed by atoms with Gasteiger partial charge in [0.15, 0.2) is 5.69 Å². The largest absolute Gasteiger partial charge is 0.374 e. The normalized spacial score (nSPS) is 18.0. The lowest BCUT2D eigenvalue weighted by Crippen LogP contribution is -2.46. The molecule has 1 fully saturated rings. The van der Waals surface area contributed by atoms with E-state index in [9.17, 15) is 4.79 Å². The van der Waals surface area contributed by atoms with Crippen LogP contribution in [0.4, 0.5) is 0 Å². The number of carbonyl (C=O) groups is 1. The number of benzene rings is 2. The van der Waals surface area contributed by atoms with Gasteiger partial charge in [-0.15, -0.1) is 0 Å². The lowest BCUT2D eigenvalue weighted by atomic mass is 10.1. The molecule has 1 atom stereocenters. The highest BCUT2D eigenvalue weighted by atomic mass is 16.5. The molecule has 0 radical (unpaired) electrons. The maximum Gasteiger partial charge on any atom is 0.275 e. The Kier molecular flexibility index (Phi) is 4.01. The minimum Gasteiger partial charge on any atom is -0.374 e. The first-order valence-corrected chi connectivity index (χ1v) is 8.19. The zero-order valence-corrected chi connectivity index (χ0v) is 13.3. The van der Waals surface area contributed by atoms with E-state index < -0.39 is 0 Å². The molecule has 4 rings (SSSR count). The monoisotopic (exact) mass is 321 g/mol. The highest BCUT2D eigenvalue weighted by Crippen LogP contribution is 2.19. The Morgan fingerprint density at radius 1 is 1.17 bits per heavy atom. The molecule has 122 valence electrons. The molecule has 5 heteroatoms. The van der Waals surface area contributed by atoms with Gasteiger partial charge in [0.1, 0.15) is 0 Å². The molecule has 5 nitrogen and oxygen atoms in total. The first-order valence-electron chi connectivity index (χ1n) is 8.19. The first kappa shape index (κ1) is 14.9. The van der Waals surface area contributed by atoms with Crippen molar-refractivity contribution < 1.29 is 9.53 Å². The fourth-order valence-electron chi connectivity index (χ4n) is 3.18. The molecule has 0 aliphatic carbocycles. The summed E-state index contributed by atoms with van der Waals surface area (Å²) >= 11 is 0. The van der Waals surface area contributed by atoms with E-state index in [1.807, 2.05) is 47.4 Å². The number of rotatable bonds is 3. The van der Waals surface area contributed by atoms with Crippen LogP contribution >= 0.6 is 0 Å². The van der Waals surface area contributed by atoms with Crippen LogP contribution in [0.1, 0.15) is 16.1 Å². The summed E-state index contributed by atoms with van der Waals surface area (Å²) in [5.41, 5.74) is 2.60. The molecule has 1 aromatic heterocycles. The van der Waals surface area contributed by atoms with E-state index in [2.05, 4.69) is 22.3 Å². The number of H-pyrrole nitrogens is 1. The second kappa shape index (κ2) is 6.45. The van der Waals surface area contributed by atoms with Crippen molar-refractivity contribution in [3.8, 4) is 0 Å². The average molecular weight is 321 g/mol. The fraction of sp³-hybridized carbons (Fsp3) is 0.263. The highest BCUT2D eigenvalue weighted by Gasteiger charge is 2.27. The minimum atomic E-state index is -0.0335. The topological polar surface area (TPSA) is 58.2 Å². The Hall–Kier alpha value is -2.66. The van der Waals surface area contributed by atoms with Crippen molar-refractivity contribution in [1.82, 2.24) is 15.1 Å². The minimum absolute atomic E-state index is 0.0234. The molecule has 2 heterocycles. The molecule has 0 bridgehead atoms. The van der Waals surface area contributed by atoms with Crippen molar-refractivity contribution in [3.63, 3.8) is 0 Å². The number of aromatic amines is 1. The highest BCUT2D eigenvalue weighted by molar-refractivity contribution is 6.04. The number of para-hydroxylation sites is 1. The maximum absolute atomic E-state index is 12.9. The van der Waals surface area contributed by atoms with Crippen LogP contribution in [0.15, 0.2) is 54.6 Å². The van der Waals surface area contributed by atoms with E-state index >= 15 is 0 Å². The molecule has 0 spiro atoms.